The summed E-state index contributed by atoms with van der Waals surface area (Å²) in [5, 5.41) is 3.09. The zero-order valence-corrected chi connectivity index (χ0v) is 12.4. The van der Waals surface area contributed by atoms with Crippen molar-refractivity contribution < 1.29 is 9.13 Å². The molecule has 0 aliphatic carbocycles. The van der Waals surface area contributed by atoms with Gasteiger partial charge in [0.05, 0.1) is 12.8 Å². The van der Waals surface area contributed by atoms with Gasteiger partial charge >= 0.3 is 0 Å². The zero-order valence-electron chi connectivity index (χ0n) is 10.8. The van der Waals surface area contributed by atoms with Crippen LogP contribution in [0, 0.1) is 12.7 Å². The molecule has 19 heavy (non-hydrogen) atoms. The topological polar surface area (TPSA) is 21.3 Å². The number of hydrogen-bond acceptors (Lipinski definition) is 2. The summed E-state index contributed by atoms with van der Waals surface area (Å²) >= 11 is 3.33. The van der Waals surface area contributed by atoms with E-state index in [0.29, 0.717) is 12.2 Å². The van der Waals surface area contributed by atoms with Crippen LogP contribution in [0.2, 0.25) is 0 Å². The largest absolute Gasteiger partial charge is 0.496 e. The van der Waals surface area contributed by atoms with Gasteiger partial charge in [0, 0.05) is 11.0 Å². The second-order valence-electron chi connectivity index (χ2n) is 4.28. The third kappa shape index (κ3) is 3.47. The minimum atomic E-state index is -0.256. The molecular formula is C15H15BrFNO. The highest BCUT2D eigenvalue weighted by molar-refractivity contribution is 9.10. The molecule has 0 aliphatic heterocycles. The molecule has 0 saturated carbocycles. The fraction of sp³-hybridized carbons (Fsp3) is 0.200. The van der Waals surface area contributed by atoms with E-state index in [9.17, 15) is 4.39 Å². The van der Waals surface area contributed by atoms with Crippen LogP contribution in [0.15, 0.2) is 40.9 Å². The Morgan fingerprint density at radius 1 is 1.21 bits per heavy atom. The lowest BCUT2D eigenvalue weighted by molar-refractivity contribution is 0.411. The summed E-state index contributed by atoms with van der Waals surface area (Å²) in [5.74, 6) is 0.603. The molecule has 0 heterocycles. The predicted octanol–water partition coefficient (Wildman–Crippen LogP) is 4.52. The van der Waals surface area contributed by atoms with Gasteiger partial charge in [-0.1, -0.05) is 28.1 Å². The molecule has 100 valence electrons. The number of halogens is 2. The Hall–Kier alpha value is -1.55. The second-order valence-corrected chi connectivity index (χ2v) is 5.20. The molecule has 0 radical (unpaired) electrons. The van der Waals surface area contributed by atoms with E-state index >= 15 is 0 Å². The van der Waals surface area contributed by atoms with Gasteiger partial charge in [-0.2, -0.15) is 0 Å². The van der Waals surface area contributed by atoms with Gasteiger partial charge in [-0.25, -0.2) is 4.39 Å². The lowest BCUT2D eigenvalue weighted by atomic mass is 10.1. The number of rotatable bonds is 4. The first-order valence-corrected chi connectivity index (χ1v) is 6.72. The Labute approximate surface area is 120 Å². The fourth-order valence-corrected chi connectivity index (χ4v) is 2.24. The van der Waals surface area contributed by atoms with Gasteiger partial charge < -0.3 is 10.1 Å². The number of ether oxygens (including phenoxy) is 1. The maximum atomic E-state index is 13.6. The molecule has 0 aromatic heterocycles. The van der Waals surface area contributed by atoms with Crippen molar-refractivity contribution in [2.24, 2.45) is 0 Å². The highest BCUT2D eigenvalue weighted by Crippen LogP contribution is 2.22. The normalized spacial score (nSPS) is 10.3. The summed E-state index contributed by atoms with van der Waals surface area (Å²) in [7, 11) is 1.65. The monoisotopic (exact) mass is 323 g/mol. The molecule has 0 amide bonds. The van der Waals surface area contributed by atoms with Crippen LogP contribution in [0.1, 0.15) is 11.1 Å². The maximum Gasteiger partial charge on any atom is 0.146 e. The molecule has 1 N–H and O–H groups in total. The molecular weight excluding hydrogens is 309 g/mol. The van der Waals surface area contributed by atoms with E-state index in [1.807, 2.05) is 25.1 Å². The molecule has 0 aliphatic rings. The molecule has 2 aromatic carbocycles. The van der Waals surface area contributed by atoms with Crippen molar-refractivity contribution in [1.82, 2.24) is 0 Å². The molecule has 0 fully saturated rings. The number of methoxy groups -OCH3 is 1. The average molecular weight is 324 g/mol. The van der Waals surface area contributed by atoms with Crippen molar-refractivity contribution in [3.63, 3.8) is 0 Å². The predicted molar refractivity (Wildman–Crippen MR) is 79.2 cm³/mol. The minimum Gasteiger partial charge on any atom is -0.496 e. The smallest absolute Gasteiger partial charge is 0.146 e. The Kier molecular flexibility index (Phi) is 4.43. The first-order valence-electron chi connectivity index (χ1n) is 5.92. The first-order chi connectivity index (χ1) is 9.10. The number of hydrogen-bond donors (Lipinski definition) is 1. The van der Waals surface area contributed by atoms with Crippen molar-refractivity contribution in [3.8, 4) is 5.75 Å². The van der Waals surface area contributed by atoms with E-state index in [1.54, 1.807) is 19.2 Å². The van der Waals surface area contributed by atoms with Gasteiger partial charge in [0.15, 0.2) is 0 Å². The van der Waals surface area contributed by atoms with E-state index in [2.05, 4.69) is 21.2 Å². The maximum absolute atomic E-state index is 13.6. The van der Waals surface area contributed by atoms with Gasteiger partial charge in [-0.05, 0) is 42.3 Å². The van der Waals surface area contributed by atoms with Crippen molar-refractivity contribution in [2.45, 2.75) is 13.5 Å². The van der Waals surface area contributed by atoms with Crippen LogP contribution < -0.4 is 10.1 Å². The van der Waals surface area contributed by atoms with Crippen molar-refractivity contribution in [3.05, 3.63) is 57.8 Å². The number of nitrogens with one attached hydrogen (secondary N) is 1. The first kappa shape index (κ1) is 13.9. The molecule has 0 bridgehead atoms. The summed E-state index contributed by atoms with van der Waals surface area (Å²) in [4.78, 5) is 0. The molecule has 0 unspecified atom stereocenters. The lowest BCUT2D eigenvalue weighted by Crippen LogP contribution is -2.02. The zero-order chi connectivity index (χ0) is 13.8. The SMILES string of the molecule is COc1ccc(CNc2cc(Br)ccc2F)cc1C. The average Bonchev–Trinajstić information content (AvgIpc) is 2.40. The fourth-order valence-electron chi connectivity index (χ4n) is 1.88. The summed E-state index contributed by atoms with van der Waals surface area (Å²) in [6.07, 6.45) is 0. The molecule has 4 heteroatoms. The highest BCUT2D eigenvalue weighted by Gasteiger charge is 2.04. The summed E-state index contributed by atoms with van der Waals surface area (Å²) in [5.41, 5.74) is 2.64. The van der Waals surface area contributed by atoms with Crippen molar-refractivity contribution in [2.75, 3.05) is 12.4 Å². The third-order valence-electron chi connectivity index (χ3n) is 2.87. The Balaban J connectivity index is 2.10. The van der Waals surface area contributed by atoms with Crippen LogP contribution >= 0.6 is 15.9 Å². The van der Waals surface area contributed by atoms with Gasteiger partial charge in [0.25, 0.3) is 0 Å². The minimum absolute atomic E-state index is 0.256. The Bertz CT molecular complexity index is 586. The van der Waals surface area contributed by atoms with Gasteiger partial charge in [0.2, 0.25) is 0 Å². The van der Waals surface area contributed by atoms with Crippen LogP contribution in [0.25, 0.3) is 0 Å². The molecule has 0 saturated heterocycles. The molecule has 2 nitrogen and oxygen atoms in total. The molecule has 0 atom stereocenters. The molecule has 2 rings (SSSR count). The molecule has 2 aromatic rings. The van der Waals surface area contributed by atoms with Crippen LogP contribution in [-0.4, -0.2) is 7.11 Å². The Morgan fingerprint density at radius 3 is 2.68 bits per heavy atom. The van der Waals surface area contributed by atoms with E-state index in [-0.39, 0.29) is 5.82 Å². The summed E-state index contributed by atoms with van der Waals surface area (Å²) in [6.45, 7) is 2.56. The Morgan fingerprint density at radius 2 is 2.00 bits per heavy atom. The molecule has 0 spiro atoms. The van der Waals surface area contributed by atoms with Crippen LogP contribution in [-0.2, 0) is 6.54 Å². The van der Waals surface area contributed by atoms with Crippen molar-refractivity contribution >= 4 is 21.6 Å². The number of anilines is 1. The summed E-state index contributed by atoms with van der Waals surface area (Å²) in [6, 6.07) is 10.8. The van der Waals surface area contributed by atoms with Crippen LogP contribution in [0.4, 0.5) is 10.1 Å². The standard InChI is InChI=1S/C15H15BrFNO/c1-10-7-11(3-6-15(10)19-2)9-18-14-8-12(16)4-5-13(14)17/h3-8,18H,9H2,1-2H3. The van der Waals surface area contributed by atoms with Crippen LogP contribution in [0.5, 0.6) is 5.75 Å². The van der Waals surface area contributed by atoms with Crippen LogP contribution in [0.3, 0.4) is 0 Å². The quantitative estimate of drug-likeness (QED) is 0.893. The van der Waals surface area contributed by atoms with Gasteiger partial charge in [-0.15, -0.1) is 0 Å². The van der Waals surface area contributed by atoms with Gasteiger partial charge in [0.1, 0.15) is 11.6 Å². The van der Waals surface area contributed by atoms with Gasteiger partial charge in [-0.3, -0.25) is 0 Å². The summed E-state index contributed by atoms with van der Waals surface area (Å²) < 4.78 is 19.6. The van der Waals surface area contributed by atoms with Crippen molar-refractivity contribution in [1.29, 1.82) is 0 Å². The van der Waals surface area contributed by atoms with E-state index < -0.39 is 0 Å². The van der Waals surface area contributed by atoms with E-state index in [0.717, 1.165) is 21.3 Å². The lowest BCUT2D eigenvalue weighted by Gasteiger charge is -2.10. The van der Waals surface area contributed by atoms with E-state index in [1.165, 1.54) is 6.07 Å². The third-order valence-corrected chi connectivity index (χ3v) is 3.36. The van der Waals surface area contributed by atoms with E-state index in [4.69, 9.17) is 4.74 Å². The number of benzene rings is 2. The highest BCUT2D eigenvalue weighted by atomic mass is 79.9. The second kappa shape index (κ2) is 6.06. The number of aryl methyl sites for hydroxylation is 1.